The van der Waals surface area contributed by atoms with Crippen LogP contribution >= 0.6 is 23.4 Å². The van der Waals surface area contributed by atoms with Crippen LogP contribution in [0.4, 0.5) is 4.39 Å². The lowest BCUT2D eigenvalue weighted by Gasteiger charge is -2.39. The van der Waals surface area contributed by atoms with Crippen LogP contribution in [0.25, 0.3) is 11.1 Å². The fourth-order valence-electron chi connectivity index (χ4n) is 3.77. The highest BCUT2D eigenvalue weighted by Crippen LogP contribution is 2.53. The van der Waals surface area contributed by atoms with Gasteiger partial charge in [0.1, 0.15) is 16.4 Å². The summed E-state index contributed by atoms with van der Waals surface area (Å²) in [5.41, 5.74) is 8.12. The summed E-state index contributed by atoms with van der Waals surface area (Å²) in [6.07, 6.45) is 3.74. The number of hydrogen-bond donors (Lipinski definition) is 1. The van der Waals surface area contributed by atoms with Crippen LogP contribution in [0.5, 0.6) is 11.5 Å². The molecule has 0 saturated heterocycles. The first-order valence-electron chi connectivity index (χ1n) is 8.64. The Morgan fingerprint density at radius 1 is 1.14 bits per heavy atom. The molecule has 5 rings (SSSR count). The van der Waals surface area contributed by atoms with Crippen molar-refractivity contribution in [3.63, 3.8) is 0 Å². The summed E-state index contributed by atoms with van der Waals surface area (Å²) in [5, 5.41) is 0.850. The molecule has 2 N–H and O–H groups in total. The van der Waals surface area contributed by atoms with E-state index in [4.69, 9.17) is 27.1 Å². The van der Waals surface area contributed by atoms with Gasteiger partial charge in [0.15, 0.2) is 10.9 Å². The Morgan fingerprint density at radius 2 is 2.00 bits per heavy atom. The predicted molar refractivity (Wildman–Crippen MR) is 108 cm³/mol. The van der Waals surface area contributed by atoms with E-state index in [1.807, 2.05) is 18.2 Å². The molecule has 8 heteroatoms. The second kappa shape index (κ2) is 6.46. The van der Waals surface area contributed by atoms with E-state index in [1.165, 1.54) is 18.0 Å². The Morgan fingerprint density at radius 3 is 2.82 bits per heavy atom. The zero-order valence-electron chi connectivity index (χ0n) is 14.5. The molecule has 0 bridgehead atoms. The highest BCUT2D eigenvalue weighted by Gasteiger charge is 2.44. The second-order valence-electron chi connectivity index (χ2n) is 6.57. The minimum absolute atomic E-state index is 0.353. The van der Waals surface area contributed by atoms with Crippen molar-refractivity contribution in [1.82, 2.24) is 9.97 Å². The normalized spacial score (nSPS) is 20.1. The first-order valence-corrected chi connectivity index (χ1v) is 10.0. The van der Waals surface area contributed by atoms with Gasteiger partial charge in [-0.3, -0.25) is 0 Å². The fraction of sp³-hybridized carbons (Fsp3) is 0.150. The molecule has 2 aromatic heterocycles. The molecule has 140 valence electrons. The second-order valence-corrected chi connectivity index (χ2v) is 8.07. The minimum Gasteiger partial charge on any atom is -0.455 e. The van der Waals surface area contributed by atoms with Crippen LogP contribution in [-0.4, -0.2) is 20.9 Å². The summed E-state index contributed by atoms with van der Waals surface area (Å²) < 4.78 is 20.3. The van der Waals surface area contributed by atoms with Crippen molar-refractivity contribution in [1.29, 1.82) is 0 Å². The number of halogens is 2. The first kappa shape index (κ1) is 17.5. The summed E-state index contributed by atoms with van der Waals surface area (Å²) in [6, 6.07) is 10.7. The fourth-order valence-corrected chi connectivity index (χ4v) is 4.75. The Kier molecular flexibility index (Phi) is 4.03. The maximum absolute atomic E-state index is 14.3. The molecule has 0 unspecified atom stereocenters. The van der Waals surface area contributed by atoms with E-state index in [0.717, 1.165) is 16.9 Å². The standard InChI is InChI=1S/C20H14ClFN4OS/c21-17-9-14-16(10-25-17)27-15-4-3-11(12-2-1-6-24-18(12)22)8-13(15)20(14)5-7-28-19(23)26-20/h1-4,6,8-10H,5,7H2,(H2,23,26)/t20-/m0/s1. The Bertz CT molecular complexity index is 1140. The van der Waals surface area contributed by atoms with Gasteiger partial charge < -0.3 is 10.5 Å². The maximum atomic E-state index is 14.3. The van der Waals surface area contributed by atoms with Crippen molar-refractivity contribution >= 4 is 28.5 Å². The van der Waals surface area contributed by atoms with Crippen molar-refractivity contribution in [3.8, 4) is 22.6 Å². The third-order valence-corrected chi connectivity index (χ3v) is 6.01. The van der Waals surface area contributed by atoms with E-state index in [2.05, 4.69) is 9.97 Å². The van der Waals surface area contributed by atoms with E-state index in [0.29, 0.717) is 39.4 Å². The molecule has 1 spiro atoms. The number of pyridine rings is 2. The topological polar surface area (TPSA) is 73.4 Å². The number of thioether (sulfide) groups is 1. The Balaban J connectivity index is 1.78. The summed E-state index contributed by atoms with van der Waals surface area (Å²) in [6.45, 7) is 0. The Hall–Kier alpha value is -2.64. The molecular weight excluding hydrogens is 399 g/mol. The van der Waals surface area contributed by atoms with Crippen LogP contribution in [0.2, 0.25) is 5.15 Å². The average molecular weight is 413 g/mol. The highest BCUT2D eigenvalue weighted by molar-refractivity contribution is 8.13. The first-order chi connectivity index (χ1) is 13.6. The number of fused-ring (bicyclic) bond motifs is 4. The number of nitrogens with two attached hydrogens (primary N) is 1. The van der Waals surface area contributed by atoms with Crippen molar-refractivity contribution < 1.29 is 9.13 Å². The van der Waals surface area contributed by atoms with E-state index in [-0.39, 0.29) is 0 Å². The Labute approximate surface area is 169 Å². The summed E-state index contributed by atoms with van der Waals surface area (Å²) in [4.78, 5) is 12.7. The molecular formula is C20H14ClFN4OS. The zero-order valence-corrected chi connectivity index (χ0v) is 16.1. The molecule has 0 radical (unpaired) electrons. The van der Waals surface area contributed by atoms with Crippen LogP contribution < -0.4 is 10.5 Å². The number of rotatable bonds is 1. The molecule has 4 heterocycles. The van der Waals surface area contributed by atoms with E-state index < -0.39 is 11.5 Å². The molecule has 0 fully saturated rings. The van der Waals surface area contributed by atoms with E-state index in [9.17, 15) is 4.39 Å². The number of aromatic nitrogens is 2. The van der Waals surface area contributed by atoms with Gasteiger partial charge in [-0.05, 0) is 42.3 Å². The third-order valence-electron chi connectivity index (χ3n) is 5.01. The molecule has 28 heavy (non-hydrogen) atoms. The van der Waals surface area contributed by atoms with Crippen molar-refractivity contribution in [2.24, 2.45) is 10.7 Å². The molecule has 1 aromatic carbocycles. The number of amidine groups is 1. The monoisotopic (exact) mass is 412 g/mol. The molecule has 2 aliphatic rings. The summed E-state index contributed by atoms with van der Waals surface area (Å²) in [5.74, 6) is 1.51. The van der Waals surface area contributed by atoms with Gasteiger partial charge in [0.2, 0.25) is 5.95 Å². The van der Waals surface area contributed by atoms with Crippen molar-refractivity contribution in [2.45, 2.75) is 12.0 Å². The van der Waals surface area contributed by atoms with Crippen LogP contribution in [0.1, 0.15) is 17.5 Å². The average Bonchev–Trinajstić information content (AvgIpc) is 2.69. The van der Waals surface area contributed by atoms with Crippen LogP contribution in [0, 0.1) is 5.95 Å². The summed E-state index contributed by atoms with van der Waals surface area (Å²) in [7, 11) is 0. The lowest BCUT2D eigenvalue weighted by Crippen LogP contribution is -2.35. The zero-order chi connectivity index (χ0) is 19.3. The smallest absolute Gasteiger partial charge is 0.220 e. The predicted octanol–water partition coefficient (Wildman–Crippen LogP) is 4.74. The van der Waals surface area contributed by atoms with Crippen LogP contribution in [0.3, 0.4) is 0 Å². The summed E-state index contributed by atoms with van der Waals surface area (Å²) >= 11 is 7.69. The lowest BCUT2D eigenvalue weighted by atomic mass is 9.78. The van der Waals surface area contributed by atoms with Crippen molar-refractivity contribution in [2.75, 3.05) is 5.75 Å². The van der Waals surface area contributed by atoms with Gasteiger partial charge >= 0.3 is 0 Å². The SMILES string of the molecule is NC1=N[C@@]2(CCS1)c1cc(-c3cccnc3F)ccc1Oc1cnc(Cl)cc12. The number of hydrogen-bond acceptors (Lipinski definition) is 6. The van der Waals surface area contributed by atoms with E-state index in [1.54, 1.807) is 24.4 Å². The molecule has 3 aromatic rings. The van der Waals surface area contributed by atoms with Gasteiger partial charge in [-0.25, -0.2) is 15.0 Å². The molecule has 0 amide bonds. The van der Waals surface area contributed by atoms with Gasteiger partial charge in [0.05, 0.1) is 6.20 Å². The number of ether oxygens (including phenoxy) is 1. The van der Waals surface area contributed by atoms with Crippen molar-refractivity contribution in [3.05, 3.63) is 71.0 Å². The molecule has 5 nitrogen and oxygen atoms in total. The van der Waals surface area contributed by atoms with Gasteiger partial charge in [-0.1, -0.05) is 29.4 Å². The van der Waals surface area contributed by atoms with Gasteiger partial charge in [-0.2, -0.15) is 4.39 Å². The van der Waals surface area contributed by atoms with Gasteiger partial charge in [-0.15, -0.1) is 0 Å². The third kappa shape index (κ3) is 2.65. The lowest BCUT2D eigenvalue weighted by molar-refractivity contribution is 0.389. The minimum atomic E-state index is -0.750. The quantitative estimate of drug-likeness (QED) is 0.584. The molecule has 0 saturated carbocycles. The molecule has 1 atom stereocenters. The van der Waals surface area contributed by atoms with Crippen LogP contribution in [0.15, 0.2) is 53.8 Å². The largest absolute Gasteiger partial charge is 0.455 e. The van der Waals surface area contributed by atoms with Crippen LogP contribution in [-0.2, 0) is 5.54 Å². The van der Waals surface area contributed by atoms with Gasteiger partial charge in [0.25, 0.3) is 0 Å². The van der Waals surface area contributed by atoms with E-state index >= 15 is 0 Å². The highest BCUT2D eigenvalue weighted by atomic mass is 35.5. The molecule has 2 aliphatic heterocycles. The van der Waals surface area contributed by atoms with Gasteiger partial charge in [0, 0.05) is 28.6 Å². The number of aliphatic imine (C=N–C) groups is 1. The molecule has 0 aliphatic carbocycles. The maximum Gasteiger partial charge on any atom is 0.220 e. The number of benzene rings is 1. The number of nitrogens with zero attached hydrogens (tertiary/aromatic N) is 3.